The van der Waals surface area contributed by atoms with Crippen LogP contribution in [-0.2, 0) is 0 Å². The lowest BCUT2D eigenvalue weighted by atomic mass is 9.51. The van der Waals surface area contributed by atoms with Gasteiger partial charge in [-0.3, -0.25) is 0 Å². The second-order valence-corrected chi connectivity index (χ2v) is 18.8. The van der Waals surface area contributed by atoms with E-state index in [0.717, 1.165) is 82.9 Å². The summed E-state index contributed by atoms with van der Waals surface area (Å²) in [5.41, 5.74) is 0. The SMILES string of the molecule is CC.CC.CC.CCC.CCCC1C(C2CCCC2C2CCCC2)C(C)CC(C2CCCCC2)CC(C2C=CC(CC)C(CC)C2)C1C1CCCCC1. The zero-order chi connectivity index (χ0) is 39.2. The molecule has 0 saturated heterocycles. The molecular formula is C53H102. The van der Waals surface area contributed by atoms with Crippen LogP contribution in [0.15, 0.2) is 12.2 Å². The molecule has 0 aromatic carbocycles. The van der Waals surface area contributed by atoms with Crippen LogP contribution in [0.5, 0.6) is 0 Å². The summed E-state index contributed by atoms with van der Waals surface area (Å²) < 4.78 is 0. The monoisotopic (exact) mass is 739 g/mol. The third-order valence-corrected chi connectivity index (χ3v) is 16.0. The minimum atomic E-state index is 0.844. The Kier molecular flexibility index (Phi) is 26.0. The van der Waals surface area contributed by atoms with Gasteiger partial charge in [0.2, 0.25) is 0 Å². The maximum Gasteiger partial charge on any atom is -0.0199 e. The second kappa shape index (κ2) is 28.2. The van der Waals surface area contributed by atoms with Gasteiger partial charge in [0.15, 0.2) is 0 Å². The van der Waals surface area contributed by atoms with Gasteiger partial charge in [0.05, 0.1) is 0 Å². The van der Waals surface area contributed by atoms with Gasteiger partial charge in [-0.1, -0.05) is 217 Å². The van der Waals surface area contributed by atoms with Crippen molar-refractivity contribution in [2.75, 3.05) is 0 Å². The predicted octanol–water partition coefficient (Wildman–Crippen LogP) is 18.2. The average molecular weight is 739 g/mol. The third kappa shape index (κ3) is 13.7. The Morgan fingerprint density at radius 3 is 1.53 bits per heavy atom. The molecule has 5 saturated carbocycles. The summed E-state index contributed by atoms with van der Waals surface area (Å²) in [5, 5.41) is 0. The molecule has 0 spiro atoms. The lowest BCUT2D eigenvalue weighted by Gasteiger charge is -2.54. The fourth-order valence-corrected chi connectivity index (χ4v) is 14.1. The first-order valence-electron chi connectivity index (χ1n) is 25.7. The molecule has 6 aliphatic carbocycles. The van der Waals surface area contributed by atoms with Gasteiger partial charge in [-0.25, -0.2) is 0 Å². The summed E-state index contributed by atoms with van der Waals surface area (Å²) in [6, 6.07) is 0. The highest BCUT2D eigenvalue weighted by molar-refractivity contribution is 5.07. The van der Waals surface area contributed by atoms with Gasteiger partial charge in [-0.2, -0.15) is 0 Å². The van der Waals surface area contributed by atoms with Crippen LogP contribution in [0.25, 0.3) is 0 Å². The Hall–Kier alpha value is -0.260. The first kappa shape index (κ1) is 48.9. The predicted molar refractivity (Wildman–Crippen MR) is 242 cm³/mol. The van der Waals surface area contributed by atoms with E-state index in [1.807, 2.05) is 41.5 Å². The van der Waals surface area contributed by atoms with Gasteiger partial charge < -0.3 is 0 Å². The maximum absolute atomic E-state index is 2.87. The Balaban J connectivity index is 0.000000998. The number of allylic oxidation sites excluding steroid dienone is 2. The minimum Gasteiger partial charge on any atom is -0.0849 e. The van der Waals surface area contributed by atoms with Crippen molar-refractivity contribution in [1.29, 1.82) is 0 Å². The third-order valence-electron chi connectivity index (χ3n) is 16.0. The molecule has 0 heteroatoms. The zero-order valence-corrected chi connectivity index (χ0v) is 38.9. The highest BCUT2D eigenvalue weighted by Gasteiger charge is 2.51. The number of hydrogen-bond donors (Lipinski definition) is 0. The Labute approximate surface area is 337 Å². The Morgan fingerprint density at radius 2 is 0.981 bits per heavy atom. The van der Waals surface area contributed by atoms with Crippen LogP contribution in [0.3, 0.4) is 0 Å². The molecule has 0 nitrogen and oxygen atoms in total. The first-order valence-corrected chi connectivity index (χ1v) is 25.7. The van der Waals surface area contributed by atoms with Crippen LogP contribution in [0.2, 0.25) is 0 Å². The van der Waals surface area contributed by atoms with Crippen molar-refractivity contribution in [3.05, 3.63) is 12.2 Å². The van der Waals surface area contributed by atoms with E-state index in [0.29, 0.717) is 0 Å². The zero-order valence-electron chi connectivity index (χ0n) is 38.9. The summed E-state index contributed by atoms with van der Waals surface area (Å²) >= 11 is 0. The van der Waals surface area contributed by atoms with Gasteiger partial charge in [-0.05, 0) is 121 Å². The van der Waals surface area contributed by atoms with Gasteiger partial charge in [-0.15, -0.1) is 0 Å². The normalized spacial score (nSPS) is 36.9. The molecule has 0 heterocycles. The molecular weight excluding hydrogens is 637 g/mol. The summed E-state index contributed by atoms with van der Waals surface area (Å²) in [5.74, 6) is 13.9. The first-order chi connectivity index (χ1) is 26.0. The molecule has 6 aliphatic rings. The molecule has 0 bridgehead atoms. The smallest absolute Gasteiger partial charge is 0.0199 e. The molecule has 0 aliphatic heterocycles. The molecule has 0 N–H and O–H groups in total. The van der Waals surface area contributed by atoms with E-state index in [1.165, 1.54) is 83.5 Å². The molecule has 0 radical (unpaired) electrons. The maximum atomic E-state index is 2.87. The molecule has 0 aromatic rings. The van der Waals surface area contributed by atoms with E-state index in [9.17, 15) is 0 Å². The van der Waals surface area contributed by atoms with E-state index in [-0.39, 0.29) is 0 Å². The molecule has 0 amide bonds. The molecule has 0 aromatic heterocycles. The number of rotatable bonds is 9. The van der Waals surface area contributed by atoms with Crippen LogP contribution < -0.4 is 0 Å². The minimum absolute atomic E-state index is 0.844. The van der Waals surface area contributed by atoms with Gasteiger partial charge >= 0.3 is 0 Å². The molecule has 6 rings (SSSR count). The van der Waals surface area contributed by atoms with Crippen molar-refractivity contribution < 1.29 is 0 Å². The van der Waals surface area contributed by atoms with Crippen molar-refractivity contribution in [1.82, 2.24) is 0 Å². The second-order valence-electron chi connectivity index (χ2n) is 18.8. The van der Waals surface area contributed by atoms with E-state index >= 15 is 0 Å². The lowest BCUT2D eigenvalue weighted by molar-refractivity contribution is -0.0467. The van der Waals surface area contributed by atoms with Crippen LogP contribution in [-0.4, -0.2) is 0 Å². The molecule has 5 fully saturated rings. The standard InChI is InChI=1S/C44H76.C3H8.3C2H6/c1-5-17-41-43(40-25-16-24-39(40)35-20-14-15-21-35)31(4)28-38(34-18-10-8-11-19-34)30-42(44(41)36-22-12-9-13-23-36)37-27-26-32(6-2)33(7-3)29-37;1-3-2;3*1-2/h26-27,31-44H,5-25,28-30H2,1-4H3;3H2,1-2H3;3*1-2H3. The topological polar surface area (TPSA) is 0 Å². The summed E-state index contributed by atoms with van der Waals surface area (Å²) in [6.07, 6.45) is 43.7. The van der Waals surface area contributed by atoms with Crippen molar-refractivity contribution in [3.8, 4) is 0 Å². The number of hydrogen-bond acceptors (Lipinski definition) is 0. The van der Waals surface area contributed by atoms with Crippen LogP contribution in [0.1, 0.15) is 244 Å². The quantitative estimate of drug-likeness (QED) is 0.207. The lowest BCUT2D eigenvalue weighted by Crippen LogP contribution is -2.47. The van der Waals surface area contributed by atoms with Gasteiger partial charge in [0.25, 0.3) is 0 Å². The highest BCUT2D eigenvalue weighted by atomic mass is 14.6. The van der Waals surface area contributed by atoms with E-state index in [2.05, 4.69) is 53.7 Å². The van der Waals surface area contributed by atoms with Gasteiger partial charge in [0, 0.05) is 0 Å². The Morgan fingerprint density at radius 1 is 0.453 bits per heavy atom. The van der Waals surface area contributed by atoms with Crippen molar-refractivity contribution in [3.63, 3.8) is 0 Å². The van der Waals surface area contributed by atoms with E-state index < -0.39 is 0 Å². The summed E-state index contributed by atoms with van der Waals surface area (Å²) in [4.78, 5) is 0. The van der Waals surface area contributed by atoms with Crippen LogP contribution in [0, 0.1) is 82.9 Å². The largest absolute Gasteiger partial charge is 0.0849 e. The van der Waals surface area contributed by atoms with Gasteiger partial charge in [0.1, 0.15) is 0 Å². The molecule has 314 valence electrons. The summed E-state index contributed by atoms with van der Waals surface area (Å²) in [6.45, 7) is 26.6. The molecule has 11 atom stereocenters. The molecule has 11 unspecified atom stereocenters. The van der Waals surface area contributed by atoms with Crippen LogP contribution >= 0.6 is 0 Å². The van der Waals surface area contributed by atoms with Crippen molar-refractivity contribution >= 4 is 0 Å². The Bertz CT molecular complexity index is 866. The van der Waals surface area contributed by atoms with Crippen molar-refractivity contribution in [2.24, 2.45) is 82.9 Å². The summed E-state index contributed by atoms with van der Waals surface area (Å²) in [7, 11) is 0. The fourth-order valence-electron chi connectivity index (χ4n) is 14.1. The van der Waals surface area contributed by atoms with E-state index in [1.54, 1.807) is 77.0 Å². The van der Waals surface area contributed by atoms with Crippen LogP contribution in [0.4, 0.5) is 0 Å². The van der Waals surface area contributed by atoms with E-state index in [4.69, 9.17) is 0 Å². The van der Waals surface area contributed by atoms with Crippen molar-refractivity contribution in [2.45, 2.75) is 244 Å². The average Bonchev–Trinajstić information content (AvgIpc) is 3.93. The highest BCUT2D eigenvalue weighted by Crippen LogP contribution is 2.59. The fraction of sp³-hybridized carbons (Fsp3) is 0.962. The molecule has 53 heavy (non-hydrogen) atoms.